The Balaban J connectivity index is 2.32. The molecule has 21 heavy (non-hydrogen) atoms. The van der Waals surface area contributed by atoms with Gasteiger partial charge in [-0.2, -0.15) is 0 Å². The number of hydrogen-bond donors (Lipinski definition) is 3. The number of aliphatic carboxylic acids is 1. The van der Waals surface area contributed by atoms with Gasteiger partial charge in [-0.3, -0.25) is 9.59 Å². The van der Waals surface area contributed by atoms with Crippen LogP contribution < -0.4 is 10.6 Å². The molecule has 0 saturated carbocycles. The molecule has 0 saturated heterocycles. The molecule has 1 rings (SSSR count). The third kappa shape index (κ3) is 6.46. The van der Waals surface area contributed by atoms with Crippen LogP contribution in [0.3, 0.4) is 0 Å². The van der Waals surface area contributed by atoms with Gasteiger partial charge in [-0.05, 0) is 18.6 Å². The summed E-state index contributed by atoms with van der Waals surface area (Å²) in [6.07, 6.45) is 2.14. The Morgan fingerprint density at radius 3 is 2.67 bits per heavy atom. The highest BCUT2D eigenvalue weighted by molar-refractivity contribution is 5.86. The second-order valence-electron chi connectivity index (χ2n) is 4.32. The fourth-order valence-electron chi connectivity index (χ4n) is 1.64. The summed E-state index contributed by atoms with van der Waals surface area (Å²) < 4.78 is 5.04. The second kappa shape index (κ2) is 8.62. The number of rotatable bonds is 8. The van der Waals surface area contributed by atoms with Crippen molar-refractivity contribution < 1.29 is 23.9 Å². The number of nitrogens with zero attached hydrogens (tertiary/aromatic N) is 1. The average Bonchev–Trinajstić information content (AvgIpc) is 2.94. The van der Waals surface area contributed by atoms with Crippen molar-refractivity contribution in [2.24, 2.45) is 0 Å². The molecule has 8 heteroatoms. The van der Waals surface area contributed by atoms with Gasteiger partial charge in [0.15, 0.2) is 0 Å². The highest BCUT2D eigenvalue weighted by Crippen LogP contribution is 1.98. The Kier molecular flexibility index (Phi) is 6.79. The molecule has 1 aromatic heterocycles. The first-order valence-corrected chi connectivity index (χ1v) is 6.56. The van der Waals surface area contributed by atoms with Crippen molar-refractivity contribution >= 4 is 17.9 Å². The van der Waals surface area contributed by atoms with Gasteiger partial charge >= 0.3 is 12.0 Å². The van der Waals surface area contributed by atoms with Crippen molar-refractivity contribution in [3.8, 4) is 0 Å². The lowest BCUT2D eigenvalue weighted by Gasteiger charge is -2.20. The first-order valence-electron chi connectivity index (χ1n) is 6.56. The van der Waals surface area contributed by atoms with E-state index in [2.05, 4.69) is 10.6 Å². The molecular formula is C13H19N3O5. The first-order chi connectivity index (χ1) is 10.0. The molecule has 3 N–H and O–H groups in total. The molecule has 0 atom stereocenters. The maximum Gasteiger partial charge on any atom is 0.323 e. The number of amides is 3. The van der Waals surface area contributed by atoms with Gasteiger partial charge in [0.05, 0.1) is 19.4 Å². The molecule has 0 radical (unpaired) electrons. The fourth-order valence-corrected chi connectivity index (χ4v) is 1.64. The number of carboxylic acid groups (broad SMARTS) is 1. The summed E-state index contributed by atoms with van der Waals surface area (Å²) in [6, 6.07) is 2.89. The largest absolute Gasteiger partial charge is 0.480 e. The molecule has 1 heterocycles. The van der Waals surface area contributed by atoms with Crippen LogP contribution in [0, 0.1) is 0 Å². The molecule has 116 valence electrons. The minimum absolute atomic E-state index is 0.209. The van der Waals surface area contributed by atoms with Crippen LogP contribution >= 0.6 is 0 Å². The van der Waals surface area contributed by atoms with Gasteiger partial charge in [0, 0.05) is 6.54 Å². The fraction of sp³-hybridized carbons (Fsp3) is 0.462. The van der Waals surface area contributed by atoms with Gasteiger partial charge in [0.1, 0.15) is 12.3 Å². The smallest absolute Gasteiger partial charge is 0.323 e. The first kappa shape index (κ1) is 16.5. The Morgan fingerprint density at radius 2 is 2.10 bits per heavy atom. The van der Waals surface area contributed by atoms with E-state index >= 15 is 0 Å². The van der Waals surface area contributed by atoms with E-state index in [1.54, 1.807) is 12.1 Å². The number of carbonyl (C=O) groups is 3. The monoisotopic (exact) mass is 297 g/mol. The van der Waals surface area contributed by atoms with E-state index in [9.17, 15) is 14.4 Å². The van der Waals surface area contributed by atoms with Crippen LogP contribution in [0.1, 0.15) is 19.1 Å². The molecule has 1 aromatic rings. The molecule has 0 aliphatic carbocycles. The Bertz CT molecular complexity index is 472. The summed E-state index contributed by atoms with van der Waals surface area (Å²) in [6.45, 7) is 1.76. The molecular weight excluding hydrogens is 278 g/mol. The Hall–Kier alpha value is -2.51. The Morgan fingerprint density at radius 1 is 1.33 bits per heavy atom. The maximum absolute atomic E-state index is 11.8. The summed E-state index contributed by atoms with van der Waals surface area (Å²) in [5.41, 5.74) is 0. The van der Waals surface area contributed by atoms with Crippen LogP contribution in [-0.4, -0.2) is 47.5 Å². The van der Waals surface area contributed by atoms with E-state index in [4.69, 9.17) is 9.52 Å². The number of carbonyl (C=O) groups excluding carboxylic acids is 2. The predicted octanol–water partition coefficient (Wildman–Crippen LogP) is 0.402. The van der Waals surface area contributed by atoms with Crippen molar-refractivity contribution in [2.75, 3.05) is 19.6 Å². The minimum atomic E-state index is -1.08. The lowest BCUT2D eigenvalue weighted by Crippen LogP contribution is -2.45. The van der Waals surface area contributed by atoms with Gasteiger partial charge < -0.3 is 25.1 Å². The van der Waals surface area contributed by atoms with E-state index in [1.165, 1.54) is 11.2 Å². The predicted molar refractivity (Wildman–Crippen MR) is 73.5 cm³/mol. The van der Waals surface area contributed by atoms with Crippen LogP contribution in [0.4, 0.5) is 4.79 Å². The normalized spacial score (nSPS) is 9.95. The molecule has 0 aliphatic rings. The van der Waals surface area contributed by atoms with Gasteiger partial charge in [-0.1, -0.05) is 6.92 Å². The van der Waals surface area contributed by atoms with E-state index < -0.39 is 17.9 Å². The summed E-state index contributed by atoms with van der Waals surface area (Å²) in [5.74, 6) is -0.929. The highest BCUT2D eigenvalue weighted by atomic mass is 16.4. The topological polar surface area (TPSA) is 112 Å². The summed E-state index contributed by atoms with van der Waals surface area (Å²) in [5, 5.41) is 13.6. The van der Waals surface area contributed by atoms with Gasteiger partial charge in [-0.25, -0.2) is 4.79 Å². The zero-order valence-electron chi connectivity index (χ0n) is 11.8. The zero-order chi connectivity index (χ0) is 15.7. The minimum Gasteiger partial charge on any atom is -0.480 e. The Labute approximate surface area is 122 Å². The highest BCUT2D eigenvalue weighted by Gasteiger charge is 2.16. The third-order valence-corrected chi connectivity index (χ3v) is 2.58. The number of furan rings is 1. The van der Waals surface area contributed by atoms with Crippen LogP contribution in [-0.2, 0) is 16.1 Å². The molecule has 0 aliphatic heterocycles. The van der Waals surface area contributed by atoms with E-state index in [0.717, 1.165) is 0 Å². The van der Waals surface area contributed by atoms with Crippen molar-refractivity contribution in [3.05, 3.63) is 24.2 Å². The van der Waals surface area contributed by atoms with Gasteiger partial charge in [-0.15, -0.1) is 0 Å². The standard InChI is InChI=1S/C13H19N3O5/c1-2-5-16(9-12(18)19)11(17)8-15-13(20)14-7-10-4-3-6-21-10/h3-4,6H,2,5,7-9H2,1H3,(H,18,19)(H2,14,15,20). The summed E-state index contributed by atoms with van der Waals surface area (Å²) in [4.78, 5) is 35.1. The van der Waals surface area contributed by atoms with Gasteiger partial charge in [0.25, 0.3) is 0 Å². The summed E-state index contributed by atoms with van der Waals surface area (Å²) in [7, 11) is 0. The van der Waals surface area contributed by atoms with Crippen molar-refractivity contribution in [3.63, 3.8) is 0 Å². The SMILES string of the molecule is CCCN(CC(=O)O)C(=O)CNC(=O)NCc1ccco1. The molecule has 0 unspecified atom stereocenters. The lowest BCUT2D eigenvalue weighted by atomic mass is 10.3. The van der Waals surface area contributed by atoms with Crippen LogP contribution in [0.5, 0.6) is 0 Å². The van der Waals surface area contributed by atoms with E-state index in [1.807, 2.05) is 6.92 Å². The van der Waals surface area contributed by atoms with Crippen LogP contribution in [0.2, 0.25) is 0 Å². The van der Waals surface area contributed by atoms with Crippen LogP contribution in [0.25, 0.3) is 0 Å². The van der Waals surface area contributed by atoms with Gasteiger partial charge in [0.2, 0.25) is 5.91 Å². The zero-order valence-corrected chi connectivity index (χ0v) is 11.8. The maximum atomic E-state index is 11.8. The quantitative estimate of drug-likeness (QED) is 0.643. The average molecular weight is 297 g/mol. The number of hydrogen-bond acceptors (Lipinski definition) is 4. The molecule has 0 spiro atoms. The van der Waals surface area contributed by atoms with E-state index in [-0.39, 0.29) is 19.6 Å². The summed E-state index contributed by atoms with van der Waals surface area (Å²) >= 11 is 0. The number of carboxylic acids is 1. The lowest BCUT2D eigenvalue weighted by molar-refractivity contribution is -0.144. The number of urea groups is 1. The van der Waals surface area contributed by atoms with E-state index in [0.29, 0.717) is 18.7 Å². The molecule has 3 amide bonds. The third-order valence-electron chi connectivity index (χ3n) is 2.58. The van der Waals surface area contributed by atoms with Crippen molar-refractivity contribution in [1.29, 1.82) is 0 Å². The van der Waals surface area contributed by atoms with Crippen molar-refractivity contribution in [1.82, 2.24) is 15.5 Å². The molecule has 0 aromatic carbocycles. The molecule has 8 nitrogen and oxygen atoms in total. The number of nitrogens with one attached hydrogen (secondary N) is 2. The van der Waals surface area contributed by atoms with Crippen LogP contribution in [0.15, 0.2) is 22.8 Å². The second-order valence-corrected chi connectivity index (χ2v) is 4.32. The van der Waals surface area contributed by atoms with Crippen molar-refractivity contribution in [2.45, 2.75) is 19.9 Å². The molecule has 0 bridgehead atoms. The molecule has 0 fully saturated rings.